The second-order valence-electron chi connectivity index (χ2n) is 5.13. The van der Waals surface area contributed by atoms with Crippen molar-refractivity contribution < 1.29 is 4.79 Å². The summed E-state index contributed by atoms with van der Waals surface area (Å²) in [5.74, 6) is -0.0247. The molecule has 0 aliphatic rings. The van der Waals surface area contributed by atoms with Crippen molar-refractivity contribution >= 4 is 34.1 Å². The van der Waals surface area contributed by atoms with Crippen molar-refractivity contribution in [1.29, 1.82) is 0 Å². The first-order valence-corrected chi connectivity index (χ1v) is 7.95. The molecule has 3 rings (SSSR count). The Morgan fingerprint density at radius 3 is 2.73 bits per heavy atom. The van der Waals surface area contributed by atoms with Gasteiger partial charge in [-0.3, -0.25) is 4.79 Å². The minimum Gasteiger partial charge on any atom is -0.329 e. The van der Waals surface area contributed by atoms with E-state index in [0.29, 0.717) is 0 Å². The molecular weight excluding hydrogens is 294 g/mol. The minimum absolute atomic E-state index is 0.0247. The predicted octanol–water partition coefficient (Wildman–Crippen LogP) is 3.69. The number of benzene rings is 2. The van der Waals surface area contributed by atoms with E-state index in [9.17, 15) is 4.79 Å². The van der Waals surface area contributed by atoms with Crippen molar-refractivity contribution in [3.8, 4) is 0 Å². The number of nitrogens with zero attached hydrogens (tertiary/aromatic N) is 2. The highest BCUT2D eigenvalue weighted by molar-refractivity contribution is 8.00. The number of amides is 1. The Bertz CT molecular complexity index is 812. The molecule has 1 N–H and O–H groups in total. The minimum atomic E-state index is -0.215. The average Bonchev–Trinajstić information content (AvgIpc) is 2.92. The molecule has 1 unspecified atom stereocenters. The van der Waals surface area contributed by atoms with Crippen LogP contribution in [-0.2, 0) is 11.8 Å². The van der Waals surface area contributed by atoms with Crippen LogP contribution in [0.3, 0.4) is 0 Å². The summed E-state index contributed by atoms with van der Waals surface area (Å²) in [6.07, 6.45) is 3.60. The first-order chi connectivity index (χ1) is 10.6. The van der Waals surface area contributed by atoms with Crippen molar-refractivity contribution in [2.75, 3.05) is 5.32 Å². The summed E-state index contributed by atoms with van der Waals surface area (Å²) in [5.41, 5.74) is 0.816. The van der Waals surface area contributed by atoms with Crippen molar-refractivity contribution in [3.63, 3.8) is 0 Å². The molecule has 0 saturated carbocycles. The summed E-state index contributed by atoms with van der Waals surface area (Å²) >= 11 is 1.45. The summed E-state index contributed by atoms with van der Waals surface area (Å²) in [5, 5.41) is 5.87. The molecule has 1 aromatic heterocycles. The van der Waals surface area contributed by atoms with Crippen LogP contribution in [0.4, 0.5) is 5.69 Å². The van der Waals surface area contributed by atoms with Gasteiger partial charge in [0.1, 0.15) is 0 Å². The van der Waals surface area contributed by atoms with Crippen LogP contribution in [-0.4, -0.2) is 20.7 Å². The Hall–Kier alpha value is -2.27. The number of fused-ring (bicyclic) bond motifs is 1. The fraction of sp³-hybridized carbons (Fsp3) is 0.176. The molecule has 5 heteroatoms. The maximum absolute atomic E-state index is 12.3. The van der Waals surface area contributed by atoms with Crippen molar-refractivity contribution in [1.82, 2.24) is 9.55 Å². The van der Waals surface area contributed by atoms with E-state index >= 15 is 0 Å². The van der Waals surface area contributed by atoms with E-state index in [1.165, 1.54) is 11.8 Å². The summed E-state index contributed by atoms with van der Waals surface area (Å²) < 4.78 is 1.91. The quantitative estimate of drug-likeness (QED) is 0.747. The normalized spacial score (nSPS) is 12.3. The van der Waals surface area contributed by atoms with Crippen LogP contribution < -0.4 is 5.32 Å². The van der Waals surface area contributed by atoms with Crippen LogP contribution in [0.5, 0.6) is 0 Å². The second-order valence-corrected chi connectivity index (χ2v) is 6.44. The van der Waals surface area contributed by atoms with Gasteiger partial charge in [-0.15, -0.1) is 0 Å². The van der Waals surface area contributed by atoms with Crippen LogP contribution in [0.2, 0.25) is 0 Å². The Morgan fingerprint density at radius 2 is 2.00 bits per heavy atom. The molecular formula is C17H17N3OS. The lowest BCUT2D eigenvalue weighted by atomic mass is 10.1. The molecule has 1 amide bonds. The van der Waals surface area contributed by atoms with Gasteiger partial charge in [0.2, 0.25) is 5.91 Å². The van der Waals surface area contributed by atoms with Gasteiger partial charge in [0.15, 0.2) is 5.16 Å². The predicted molar refractivity (Wildman–Crippen MR) is 91.1 cm³/mol. The largest absolute Gasteiger partial charge is 0.329 e. The number of carbonyl (C=O) groups is 1. The zero-order valence-electron chi connectivity index (χ0n) is 12.5. The Morgan fingerprint density at radius 1 is 1.23 bits per heavy atom. The van der Waals surface area contributed by atoms with Crippen LogP contribution in [0, 0.1) is 0 Å². The number of anilines is 1. The molecule has 22 heavy (non-hydrogen) atoms. The van der Waals surface area contributed by atoms with E-state index in [4.69, 9.17) is 0 Å². The van der Waals surface area contributed by atoms with Crippen LogP contribution in [0.25, 0.3) is 10.8 Å². The lowest BCUT2D eigenvalue weighted by molar-refractivity contribution is -0.115. The zero-order valence-corrected chi connectivity index (χ0v) is 13.3. The molecule has 0 aliphatic heterocycles. The zero-order chi connectivity index (χ0) is 15.5. The van der Waals surface area contributed by atoms with Gasteiger partial charge in [0, 0.05) is 25.1 Å². The average molecular weight is 311 g/mol. The van der Waals surface area contributed by atoms with E-state index in [2.05, 4.69) is 16.4 Å². The van der Waals surface area contributed by atoms with Gasteiger partial charge in [-0.25, -0.2) is 4.98 Å². The number of rotatable bonds is 4. The third-order valence-electron chi connectivity index (χ3n) is 3.45. The van der Waals surface area contributed by atoms with E-state index in [1.54, 1.807) is 6.20 Å². The van der Waals surface area contributed by atoms with Crippen molar-refractivity contribution in [2.45, 2.75) is 17.3 Å². The maximum Gasteiger partial charge on any atom is 0.237 e. The van der Waals surface area contributed by atoms with Crippen LogP contribution in [0.15, 0.2) is 60.0 Å². The number of carbonyl (C=O) groups excluding carboxylic acids is 1. The Balaban J connectivity index is 1.70. The third-order valence-corrected chi connectivity index (χ3v) is 4.62. The molecule has 0 radical (unpaired) electrons. The fourth-order valence-corrected chi connectivity index (χ4v) is 3.02. The third kappa shape index (κ3) is 3.14. The molecule has 0 saturated heterocycles. The molecule has 0 spiro atoms. The first kappa shape index (κ1) is 14.7. The monoisotopic (exact) mass is 311 g/mol. The van der Waals surface area contributed by atoms with Crippen LogP contribution >= 0.6 is 11.8 Å². The summed E-state index contributed by atoms with van der Waals surface area (Å²) in [7, 11) is 1.92. The van der Waals surface area contributed by atoms with Gasteiger partial charge >= 0.3 is 0 Å². The van der Waals surface area contributed by atoms with E-state index in [1.807, 2.05) is 61.1 Å². The van der Waals surface area contributed by atoms with Gasteiger partial charge in [-0.1, -0.05) is 42.1 Å². The summed E-state index contributed by atoms with van der Waals surface area (Å²) in [4.78, 5) is 16.5. The van der Waals surface area contributed by atoms with E-state index in [-0.39, 0.29) is 11.2 Å². The number of hydrogen-bond acceptors (Lipinski definition) is 3. The molecule has 2 aromatic carbocycles. The molecule has 3 aromatic rings. The Labute approximate surface area is 133 Å². The molecule has 112 valence electrons. The number of hydrogen-bond donors (Lipinski definition) is 1. The second kappa shape index (κ2) is 6.23. The Kier molecular flexibility index (Phi) is 4.15. The lowest BCUT2D eigenvalue weighted by Crippen LogP contribution is -2.22. The van der Waals surface area contributed by atoms with Crippen molar-refractivity contribution in [2.24, 2.45) is 7.05 Å². The molecule has 0 fully saturated rings. The van der Waals surface area contributed by atoms with Gasteiger partial charge in [0.25, 0.3) is 0 Å². The standard InChI is InChI=1S/C17H17N3OS/c1-12(22-17-18-9-10-20(17)2)16(21)19-15-8-7-13-5-3-4-6-14(13)11-15/h3-12H,1-2H3,(H,19,21). The molecule has 1 heterocycles. The molecule has 4 nitrogen and oxygen atoms in total. The number of thioether (sulfide) groups is 1. The molecule has 0 bridgehead atoms. The highest BCUT2D eigenvalue weighted by Crippen LogP contribution is 2.23. The van der Waals surface area contributed by atoms with Gasteiger partial charge in [0.05, 0.1) is 5.25 Å². The number of aryl methyl sites for hydroxylation is 1. The van der Waals surface area contributed by atoms with Gasteiger partial charge in [-0.2, -0.15) is 0 Å². The smallest absolute Gasteiger partial charge is 0.237 e. The summed E-state index contributed by atoms with van der Waals surface area (Å²) in [6.45, 7) is 1.88. The van der Waals surface area contributed by atoms with Gasteiger partial charge < -0.3 is 9.88 Å². The number of aromatic nitrogens is 2. The molecule has 1 atom stereocenters. The number of imidazole rings is 1. The first-order valence-electron chi connectivity index (χ1n) is 7.07. The molecule has 0 aliphatic carbocycles. The SMILES string of the molecule is CC(Sc1nccn1C)C(=O)Nc1ccc2ccccc2c1. The maximum atomic E-state index is 12.3. The van der Waals surface area contributed by atoms with Gasteiger partial charge in [-0.05, 0) is 29.8 Å². The number of nitrogens with one attached hydrogen (secondary N) is 1. The van der Waals surface area contributed by atoms with E-state index < -0.39 is 0 Å². The lowest BCUT2D eigenvalue weighted by Gasteiger charge is -2.12. The fourth-order valence-electron chi connectivity index (χ4n) is 2.19. The van der Waals surface area contributed by atoms with Crippen LogP contribution in [0.1, 0.15) is 6.92 Å². The summed E-state index contributed by atoms with van der Waals surface area (Å²) in [6, 6.07) is 14.0. The van der Waals surface area contributed by atoms with Crippen molar-refractivity contribution in [3.05, 3.63) is 54.9 Å². The highest BCUT2D eigenvalue weighted by atomic mass is 32.2. The highest BCUT2D eigenvalue weighted by Gasteiger charge is 2.16. The van der Waals surface area contributed by atoms with E-state index in [0.717, 1.165) is 21.6 Å². The topological polar surface area (TPSA) is 46.9 Å².